The Labute approximate surface area is 88.0 Å². The van der Waals surface area contributed by atoms with Crippen molar-refractivity contribution in [3.63, 3.8) is 0 Å². The van der Waals surface area contributed by atoms with Gasteiger partial charge in [0.15, 0.2) is 0 Å². The Kier molecular flexibility index (Phi) is 3.92. The first-order chi connectivity index (χ1) is 6.72. The highest BCUT2D eigenvalue weighted by Gasteiger charge is 2.11. The minimum absolute atomic E-state index is 0.367. The lowest BCUT2D eigenvalue weighted by Gasteiger charge is -2.11. The summed E-state index contributed by atoms with van der Waals surface area (Å²) in [6.45, 7) is 0. The Hall–Kier alpha value is -1.06. The number of rotatable bonds is 4. The van der Waals surface area contributed by atoms with Crippen molar-refractivity contribution in [2.45, 2.75) is 6.04 Å². The van der Waals surface area contributed by atoms with Crippen LogP contribution in [0, 0.1) is 0 Å². The molecule has 0 aliphatic heterocycles. The van der Waals surface area contributed by atoms with Crippen molar-refractivity contribution in [3.05, 3.63) is 28.8 Å². The van der Waals surface area contributed by atoms with Crippen LogP contribution in [0.1, 0.15) is 11.6 Å². The molecule has 0 amide bonds. The number of hydrogen-bond donors (Lipinski definition) is 1. The molecule has 0 fully saturated rings. The summed E-state index contributed by atoms with van der Waals surface area (Å²) in [6.07, 6.45) is 0.813. The number of hydrogen-bond acceptors (Lipinski definition) is 3. The second-order valence-electron chi connectivity index (χ2n) is 2.79. The summed E-state index contributed by atoms with van der Waals surface area (Å²) in [4.78, 5) is 10.7. The fourth-order valence-corrected chi connectivity index (χ4v) is 1.47. The van der Waals surface area contributed by atoms with Crippen LogP contribution in [0.3, 0.4) is 0 Å². The lowest BCUT2D eigenvalue weighted by molar-refractivity contribution is -0.109. The topological polar surface area (TPSA) is 38.3 Å². The van der Waals surface area contributed by atoms with E-state index >= 15 is 0 Å². The number of benzene rings is 1. The Bertz CT molecular complexity index is 328. The molecule has 3 nitrogen and oxygen atoms in total. The third kappa shape index (κ3) is 2.25. The third-order valence-corrected chi connectivity index (χ3v) is 2.32. The largest absolute Gasteiger partial charge is 0.497 e. The highest BCUT2D eigenvalue weighted by Crippen LogP contribution is 2.26. The van der Waals surface area contributed by atoms with Gasteiger partial charge in [0, 0.05) is 5.02 Å². The fraction of sp³-hybridized carbons (Fsp3) is 0.300. The van der Waals surface area contributed by atoms with Crippen LogP contribution >= 0.6 is 11.6 Å². The minimum Gasteiger partial charge on any atom is -0.497 e. The molecule has 0 bridgehead atoms. The zero-order valence-electron chi connectivity index (χ0n) is 8.08. The van der Waals surface area contributed by atoms with E-state index in [4.69, 9.17) is 16.3 Å². The highest BCUT2D eigenvalue weighted by molar-refractivity contribution is 6.31. The van der Waals surface area contributed by atoms with Crippen molar-refractivity contribution in [3.8, 4) is 5.75 Å². The van der Waals surface area contributed by atoms with Gasteiger partial charge >= 0.3 is 0 Å². The molecule has 0 spiro atoms. The van der Waals surface area contributed by atoms with Crippen LogP contribution in [-0.4, -0.2) is 20.4 Å². The van der Waals surface area contributed by atoms with Crippen LogP contribution in [0.4, 0.5) is 0 Å². The molecule has 0 saturated heterocycles. The maximum atomic E-state index is 10.7. The first-order valence-corrected chi connectivity index (χ1v) is 4.56. The van der Waals surface area contributed by atoms with Gasteiger partial charge in [-0.05, 0) is 24.7 Å². The van der Waals surface area contributed by atoms with Gasteiger partial charge < -0.3 is 14.8 Å². The van der Waals surface area contributed by atoms with Crippen LogP contribution in [0.25, 0.3) is 0 Å². The first kappa shape index (κ1) is 11.0. The average Bonchev–Trinajstić information content (AvgIpc) is 2.22. The Morgan fingerprint density at radius 3 is 2.71 bits per heavy atom. The van der Waals surface area contributed by atoms with Crippen LogP contribution < -0.4 is 10.1 Å². The summed E-state index contributed by atoms with van der Waals surface area (Å²) >= 11 is 5.98. The van der Waals surface area contributed by atoms with E-state index in [0.29, 0.717) is 10.8 Å². The minimum atomic E-state index is -0.367. The van der Waals surface area contributed by atoms with Crippen molar-refractivity contribution in [2.24, 2.45) is 0 Å². The summed E-state index contributed by atoms with van der Waals surface area (Å²) in [5.74, 6) is 0.680. The number of aldehydes is 1. The molecule has 14 heavy (non-hydrogen) atoms. The standard InChI is InChI=1S/C10H12ClNO2/c1-12-10(6-13)8-4-3-7(14-2)5-9(8)11/h3-6,10,12H,1-2H3. The molecule has 0 aliphatic rings. The quantitative estimate of drug-likeness (QED) is 0.776. The summed E-state index contributed by atoms with van der Waals surface area (Å²) in [5.41, 5.74) is 0.755. The van der Waals surface area contributed by atoms with Crippen molar-refractivity contribution in [1.29, 1.82) is 0 Å². The van der Waals surface area contributed by atoms with Gasteiger partial charge in [-0.25, -0.2) is 0 Å². The number of halogens is 1. The van der Waals surface area contributed by atoms with Gasteiger partial charge in [-0.1, -0.05) is 17.7 Å². The van der Waals surface area contributed by atoms with Crippen LogP contribution in [0.2, 0.25) is 5.02 Å². The molecule has 1 N–H and O–H groups in total. The fourth-order valence-electron chi connectivity index (χ4n) is 1.18. The van der Waals surface area contributed by atoms with Gasteiger partial charge in [0.1, 0.15) is 12.0 Å². The Morgan fingerprint density at radius 2 is 2.29 bits per heavy atom. The summed E-state index contributed by atoms with van der Waals surface area (Å²) in [7, 11) is 3.28. The van der Waals surface area contributed by atoms with Gasteiger partial charge in [0.25, 0.3) is 0 Å². The highest BCUT2D eigenvalue weighted by atomic mass is 35.5. The van der Waals surface area contributed by atoms with Crippen molar-refractivity contribution in [1.82, 2.24) is 5.32 Å². The molecule has 0 radical (unpaired) electrons. The molecule has 1 rings (SSSR count). The van der Waals surface area contributed by atoms with E-state index in [9.17, 15) is 4.79 Å². The van der Waals surface area contributed by atoms with E-state index in [1.807, 2.05) is 0 Å². The lowest BCUT2D eigenvalue weighted by Crippen LogP contribution is -2.17. The van der Waals surface area contributed by atoms with Gasteiger partial charge in [-0.3, -0.25) is 0 Å². The Balaban J connectivity index is 3.04. The van der Waals surface area contributed by atoms with Crippen molar-refractivity contribution >= 4 is 17.9 Å². The number of ether oxygens (including phenoxy) is 1. The summed E-state index contributed by atoms with van der Waals surface area (Å²) in [6, 6.07) is 4.87. The second-order valence-corrected chi connectivity index (χ2v) is 3.20. The molecular weight excluding hydrogens is 202 g/mol. The lowest BCUT2D eigenvalue weighted by atomic mass is 10.1. The molecule has 0 aromatic heterocycles. The Morgan fingerprint density at radius 1 is 1.57 bits per heavy atom. The van der Waals surface area contributed by atoms with Crippen molar-refractivity contribution in [2.75, 3.05) is 14.2 Å². The molecule has 0 aliphatic carbocycles. The first-order valence-electron chi connectivity index (χ1n) is 4.19. The molecule has 1 unspecified atom stereocenters. The molecule has 1 aromatic rings. The zero-order valence-corrected chi connectivity index (χ0v) is 8.84. The molecule has 0 heterocycles. The number of carbonyl (C=O) groups excluding carboxylic acids is 1. The summed E-state index contributed by atoms with van der Waals surface area (Å²) < 4.78 is 5.00. The molecule has 4 heteroatoms. The van der Waals surface area contributed by atoms with Gasteiger partial charge in [-0.2, -0.15) is 0 Å². The normalized spacial score (nSPS) is 12.2. The van der Waals surface area contributed by atoms with Gasteiger partial charge in [-0.15, -0.1) is 0 Å². The smallest absolute Gasteiger partial charge is 0.141 e. The number of likely N-dealkylation sites (N-methyl/N-ethyl adjacent to an activating group) is 1. The predicted molar refractivity (Wildman–Crippen MR) is 55.9 cm³/mol. The van der Waals surface area contributed by atoms with Gasteiger partial charge in [0.2, 0.25) is 0 Å². The summed E-state index contributed by atoms with van der Waals surface area (Å²) in [5, 5.41) is 3.38. The van der Waals surface area contributed by atoms with Crippen LogP contribution in [-0.2, 0) is 4.79 Å². The van der Waals surface area contributed by atoms with E-state index in [1.54, 1.807) is 32.4 Å². The van der Waals surface area contributed by atoms with E-state index in [0.717, 1.165) is 11.8 Å². The van der Waals surface area contributed by atoms with Gasteiger partial charge in [0.05, 0.1) is 13.2 Å². The van der Waals surface area contributed by atoms with E-state index in [1.165, 1.54) is 0 Å². The third-order valence-electron chi connectivity index (χ3n) is 1.99. The predicted octanol–water partition coefficient (Wildman–Crippen LogP) is 1.81. The van der Waals surface area contributed by atoms with E-state index in [2.05, 4.69) is 5.32 Å². The zero-order chi connectivity index (χ0) is 10.6. The molecule has 1 aromatic carbocycles. The average molecular weight is 214 g/mol. The molecule has 0 saturated carbocycles. The molecule has 1 atom stereocenters. The monoisotopic (exact) mass is 213 g/mol. The second kappa shape index (κ2) is 4.98. The van der Waals surface area contributed by atoms with Crippen molar-refractivity contribution < 1.29 is 9.53 Å². The number of methoxy groups -OCH3 is 1. The molecule has 76 valence electrons. The number of carbonyl (C=O) groups is 1. The maximum absolute atomic E-state index is 10.7. The number of nitrogens with one attached hydrogen (secondary N) is 1. The van der Waals surface area contributed by atoms with Crippen LogP contribution in [0.15, 0.2) is 18.2 Å². The van der Waals surface area contributed by atoms with E-state index in [-0.39, 0.29) is 6.04 Å². The maximum Gasteiger partial charge on any atom is 0.141 e. The van der Waals surface area contributed by atoms with E-state index < -0.39 is 0 Å². The SMILES string of the molecule is CNC(C=O)c1ccc(OC)cc1Cl. The molecular formula is C10H12ClNO2. The van der Waals surface area contributed by atoms with Crippen LogP contribution in [0.5, 0.6) is 5.75 Å².